The Kier molecular flexibility index (Phi) is 4.58. The fourth-order valence-corrected chi connectivity index (χ4v) is 2.67. The molecular weight excluding hydrogens is 342 g/mol. The summed E-state index contributed by atoms with van der Waals surface area (Å²) in [6, 6.07) is 14.5. The maximum absolute atomic E-state index is 12.2. The number of aromatic nitrogens is 1. The van der Waals surface area contributed by atoms with Crippen LogP contribution in [0.5, 0.6) is 5.75 Å². The van der Waals surface area contributed by atoms with E-state index in [0.29, 0.717) is 17.4 Å². The molecule has 1 amide bonds. The molecule has 1 fully saturated rings. The predicted molar refractivity (Wildman–Crippen MR) is 101 cm³/mol. The number of hydrogen-bond acceptors (Lipinski definition) is 5. The first-order chi connectivity index (χ1) is 13.2. The second-order valence-corrected chi connectivity index (χ2v) is 6.35. The van der Waals surface area contributed by atoms with Gasteiger partial charge in [0.1, 0.15) is 17.3 Å². The van der Waals surface area contributed by atoms with Gasteiger partial charge in [-0.3, -0.25) is 4.79 Å². The van der Waals surface area contributed by atoms with E-state index >= 15 is 0 Å². The summed E-state index contributed by atoms with van der Waals surface area (Å²) in [5, 5.41) is 11.3. The first-order valence-electron chi connectivity index (χ1n) is 8.70. The molecule has 0 saturated heterocycles. The molecule has 0 spiro atoms. The minimum atomic E-state index is -0.231. The second kappa shape index (κ2) is 7.34. The van der Waals surface area contributed by atoms with Gasteiger partial charge in [-0.1, -0.05) is 12.1 Å². The summed E-state index contributed by atoms with van der Waals surface area (Å²) in [4.78, 5) is 16.6. The van der Waals surface area contributed by atoms with E-state index in [0.717, 1.165) is 35.4 Å². The summed E-state index contributed by atoms with van der Waals surface area (Å²) in [7, 11) is 0. The Hall–Kier alpha value is -3.59. The monoisotopic (exact) mass is 359 g/mol. The van der Waals surface area contributed by atoms with Crippen LogP contribution in [0.25, 0.3) is 17.2 Å². The van der Waals surface area contributed by atoms with Crippen LogP contribution in [0, 0.1) is 11.3 Å². The van der Waals surface area contributed by atoms with Gasteiger partial charge in [-0.15, -0.1) is 0 Å². The number of ether oxygens (including phenoxy) is 1. The summed E-state index contributed by atoms with van der Waals surface area (Å²) in [5.74, 6) is 1.63. The van der Waals surface area contributed by atoms with Gasteiger partial charge in [0.2, 0.25) is 5.91 Å². The number of nitriles is 1. The normalized spacial score (nSPS) is 13.6. The number of benzene rings is 2. The Morgan fingerprint density at radius 1 is 1.30 bits per heavy atom. The van der Waals surface area contributed by atoms with Crippen LogP contribution in [-0.2, 0) is 4.79 Å². The number of amides is 1. The Morgan fingerprint density at radius 3 is 2.85 bits per heavy atom. The molecule has 4 rings (SSSR count). The number of rotatable bonds is 6. The number of oxazole rings is 1. The molecule has 6 nitrogen and oxygen atoms in total. The van der Waals surface area contributed by atoms with Gasteiger partial charge in [-0.25, -0.2) is 4.98 Å². The van der Waals surface area contributed by atoms with Gasteiger partial charge in [0.25, 0.3) is 0 Å². The van der Waals surface area contributed by atoms with Gasteiger partial charge in [0.05, 0.1) is 0 Å². The zero-order valence-corrected chi connectivity index (χ0v) is 14.5. The molecule has 134 valence electrons. The largest absolute Gasteiger partial charge is 0.479 e. The standard InChI is InChI=1S/C21H17N3O3/c22-11-12-26-17-7-1-14(2-8-17)3-10-20(25)23-16-6-9-19-18(13-16)24-21(27-19)15-4-5-15/h1-3,6-10,13,15H,4-5,12H2,(H,23,25)/b10-3+. The zero-order valence-electron chi connectivity index (χ0n) is 14.5. The number of nitrogens with one attached hydrogen (secondary N) is 1. The lowest BCUT2D eigenvalue weighted by Crippen LogP contribution is -2.07. The number of fused-ring (bicyclic) bond motifs is 1. The molecule has 1 saturated carbocycles. The summed E-state index contributed by atoms with van der Waals surface area (Å²) < 4.78 is 10.9. The van der Waals surface area contributed by atoms with E-state index in [1.807, 2.05) is 30.3 Å². The van der Waals surface area contributed by atoms with E-state index in [9.17, 15) is 4.79 Å². The van der Waals surface area contributed by atoms with Gasteiger partial charge in [-0.2, -0.15) is 5.26 Å². The van der Waals surface area contributed by atoms with Crippen LogP contribution >= 0.6 is 0 Å². The first-order valence-corrected chi connectivity index (χ1v) is 8.70. The van der Waals surface area contributed by atoms with Crippen molar-refractivity contribution in [1.82, 2.24) is 4.98 Å². The first kappa shape index (κ1) is 16.9. The van der Waals surface area contributed by atoms with Crippen molar-refractivity contribution in [2.45, 2.75) is 18.8 Å². The van der Waals surface area contributed by atoms with Gasteiger partial charge in [0.15, 0.2) is 18.1 Å². The van der Waals surface area contributed by atoms with E-state index in [2.05, 4.69) is 10.3 Å². The number of anilines is 1. The molecule has 0 aliphatic heterocycles. The van der Waals surface area contributed by atoms with Crippen LogP contribution in [0.3, 0.4) is 0 Å². The van der Waals surface area contributed by atoms with Crippen LogP contribution in [0.15, 0.2) is 53.0 Å². The lowest BCUT2D eigenvalue weighted by Gasteiger charge is -2.02. The average Bonchev–Trinajstić information content (AvgIpc) is 3.45. The van der Waals surface area contributed by atoms with Crippen LogP contribution in [0.2, 0.25) is 0 Å². The van der Waals surface area contributed by atoms with Gasteiger partial charge in [0, 0.05) is 17.7 Å². The molecule has 1 heterocycles. The van der Waals surface area contributed by atoms with E-state index < -0.39 is 0 Å². The third-order valence-electron chi connectivity index (χ3n) is 4.21. The van der Waals surface area contributed by atoms with Crippen LogP contribution in [0.4, 0.5) is 5.69 Å². The maximum Gasteiger partial charge on any atom is 0.248 e. The molecular formula is C21H17N3O3. The Bertz CT molecular complexity index is 1040. The molecule has 0 unspecified atom stereocenters. The van der Waals surface area contributed by atoms with E-state index in [-0.39, 0.29) is 12.5 Å². The Labute approximate surface area is 156 Å². The fraction of sp³-hybridized carbons (Fsp3) is 0.190. The number of carbonyl (C=O) groups excluding carboxylic acids is 1. The molecule has 1 N–H and O–H groups in total. The molecule has 0 atom stereocenters. The van der Waals surface area contributed by atoms with Crippen molar-refractivity contribution >= 4 is 28.8 Å². The molecule has 3 aromatic rings. The minimum absolute atomic E-state index is 0.00953. The van der Waals surface area contributed by atoms with E-state index in [1.165, 1.54) is 6.08 Å². The molecule has 2 aromatic carbocycles. The van der Waals surface area contributed by atoms with Gasteiger partial charge >= 0.3 is 0 Å². The highest BCUT2D eigenvalue weighted by Gasteiger charge is 2.28. The molecule has 6 heteroatoms. The van der Waals surface area contributed by atoms with Crippen molar-refractivity contribution in [3.05, 3.63) is 60.0 Å². The van der Waals surface area contributed by atoms with E-state index in [4.69, 9.17) is 14.4 Å². The van der Waals surface area contributed by atoms with Crippen LogP contribution in [0.1, 0.15) is 30.2 Å². The third-order valence-corrected chi connectivity index (χ3v) is 4.21. The molecule has 1 aromatic heterocycles. The SMILES string of the molecule is N#CCOc1ccc(/C=C/C(=O)Nc2ccc3oc(C4CC4)nc3c2)cc1. The highest BCUT2D eigenvalue weighted by molar-refractivity contribution is 6.02. The molecule has 0 radical (unpaired) electrons. The lowest BCUT2D eigenvalue weighted by molar-refractivity contribution is -0.111. The molecule has 1 aliphatic carbocycles. The quantitative estimate of drug-likeness (QED) is 0.664. The number of nitrogens with zero attached hydrogens (tertiary/aromatic N) is 2. The maximum atomic E-state index is 12.2. The Morgan fingerprint density at radius 2 is 2.11 bits per heavy atom. The van der Waals surface area contributed by atoms with Crippen LogP contribution in [-0.4, -0.2) is 17.5 Å². The lowest BCUT2D eigenvalue weighted by atomic mass is 10.2. The summed E-state index contributed by atoms with van der Waals surface area (Å²) in [6.45, 7) is 0.00953. The van der Waals surface area contributed by atoms with Crippen molar-refractivity contribution in [3.8, 4) is 11.8 Å². The van der Waals surface area contributed by atoms with Crippen molar-refractivity contribution in [2.75, 3.05) is 11.9 Å². The Balaban J connectivity index is 1.39. The highest BCUT2D eigenvalue weighted by Crippen LogP contribution is 2.40. The number of hydrogen-bond donors (Lipinski definition) is 1. The van der Waals surface area contributed by atoms with Crippen molar-refractivity contribution in [2.24, 2.45) is 0 Å². The molecule has 0 bridgehead atoms. The van der Waals surface area contributed by atoms with E-state index in [1.54, 1.807) is 24.3 Å². The smallest absolute Gasteiger partial charge is 0.248 e. The highest BCUT2D eigenvalue weighted by atomic mass is 16.5. The predicted octanol–water partition coefficient (Wildman–Crippen LogP) is 4.26. The molecule has 1 aliphatic rings. The zero-order chi connectivity index (χ0) is 18.6. The van der Waals surface area contributed by atoms with Crippen molar-refractivity contribution in [3.63, 3.8) is 0 Å². The minimum Gasteiger partial charge on any atom is -0.479 e. The third kappa shape index (κ3) is 4.15. The van der Waals surface area contributed by atoms with Gasteiger partial charge in [-0.05, 0) is 54.8 Å². The van der Waals surface area contributed by atoms with Gasteiger partial charge < -0.3 is 14.5 Å². The summed E-state index contributed by atoms with van der Waals surface area (Å²) >= 11 is 0. The fourth-order valence-electron chi connectivity index (χ4n) is 2.67. The van der Waals surface area contributed by atoms with Crippen molar-refractivity contribution < 1.29 is 13.9 Å². The molecule has 27 heavy (non-hydrogen) atoms. The summed E-state index contributed by atoms with van der Waals surface area (Å²) in [6.07, 6.45) is 5.44. The second-order valence-electron chi connectivity index (χ2n) is 6.35. The van der Waals surface area contributed by atoms with Crippen molar-refractivity contribution in [1.29, 1.82) is 5.26 Å². The summed E-state index contributed by atoms with van der Waals surface area (Å²) in [5.41, 5.74) is 3.03. The average molecular weight is 359 g/mol. The van der Waals surface area contributed by atoms with Crippen LogP contribution < -0.4 is 10.1 Å². The topological polar surface area (TPSA) is 88.1 Å². The number of carbonyl (C=O) groups is 1.